The normalized spacial score (nSPS) is 21.2. The second kappa shape index (κ2) is 7.35. The first kappa shape index (κ1) is 17.9. The Morgan fingerprint density at radius 3 is 2.79 bits per heavy atom. The van der Waals surface area contributed by atoms with Crippen molar-refractivity contribution >= 4 is 17.4 Å². The lowest BCUT2D eigenvalue weighted by Gasteiger charge is -2.43. The van der Waals surface area contributed by atoms with Crippen LogP contribution in [0.3, 0.4) is 0 Å². The highest BCUT2D eigenvalue weighted by molar-refractivity contribution is 5.82. The number of rotatable bonds is 3. The lowest BCUT2D eigenvalue weighted by atomic mass is 9.91. The van der Waals surface area contributed by atoms with E-state index in [2.05, 4.69) is 15.3 Å². The van der Waals surface area contributed by atoms with Crippen molar-refractivity contribution in [2.24, 2.45) is 5.92 Å². The van der Waals surface area contributed by atoms with Crippen molar-refractivity contribution < 1.29 is 4.79 Å². The molecular formula is C21H30N6O. The van der Waals surface area contributed by atoms with Crippen LogP contribution < -0.4 is 10.2 Å². The summed E-state index contributed by atoms with van der Waals surface area (Å²) < 4.78 is 1.97. The molecule has 2 aliphatic heterocycles. The Morgan fingerprint density at radius 2 is 1.96 bits per heavy atom. The zero-order valence-corrected chi connectivity index (χ0v) is 16.7. The van der Waals surface area contributed by atoms with Gasteiger partial charge in [-0.2, -0.15) is 9.61 Å². The lowest BCUT2D eigenvalue weighted by molar-refractivity contribution is -0.137. The third-order valence-corrected chi connectivity index (χ3v) is 6.78. The number of nitrogens with zero attached hydrogens (tertiary/aromatic N) is 5. The van der Waals surface area contributed by atoms with Crippen molar-refractivity contribution in [2.75, 3.05) is 38.1 Å². The van der Waals surface area contributed by atoms with E-state index in [1.54, 1.807) is 0 Å². The molecule has 1 aliphatic carbocycles. The standard InChI is InChI=1S/C21H30N6O/c1-25(16-5-3-2-4-6-16)21(28)15-13-26(14-15)20-17-7-10-22-11-8-18(17)24-19-9-12-23-27(19)20/h9,12,15-16,22H,2-8,10-11,13-14H2,1H3. The van der Waals surface area contributed by atoms with Crippen LogP contribution in [0, 0.1) is 5.92 Å². The Bertz CT molecular complexity index is 865. The topological polar surface area (TPSA) is 65.8 Å². The molecule has 1 saturated heterocycles. The summed E-state index contributed by atoms with van der Waals surface area (Å²) in [4.78, 5) is 22.2. The minimum atomic E-state index is 0.102. The lowest BCUT2D eigenvalue weighted by Crippen LogP contribution is -2.56. The summed E-state index contributed by atoms with van der Waals surface area (Å²) in [5, 5.41) is 8.01. The molecule has 7 heteroatoms. The Morgan fingerprint density at radius 1 is 1.18 bits per heavy atom. The zero-order valence-electron chi connectivity index (χ0n) is 16.7. The van der Waals surface area contributed by atoms with Gasteiger partial charge in [0.15, 0.2) is 5.65 Å². The Balaban J connectivity index is 1.36. The van der Waals surface area contributed by atoms with E-state index in [4.69, 9.17) is 4.98 Å². The quantitative estimate of drug-likeness (QED) is 0.874. The van der Waals surface area contributed by atoms with Gasteiger partial charge in [-0.1, -0.05) is 19.3 Å². The fourth-order valence-electron chi connectivity index (χ4n) is 5.08. The maximum atomic E-state index is 13.0. The van der Waals surface area contributed by atoms with Gasteiger partial charge in [-0.25, -0.2) is 4.98 Å². The summed E-state index contributed by atoms with van der Waals surface area (Å²) in [6.45, 7) is 3.51. The van der Waals surface area contributed by atoms with Crippen molar-refractivity contribution in [3.05, 3.63) is 23.5 Å². The second-order valence-electron chi connectivity index (χ2n) is 8.55. The third-order valence-electron chi connectivity index (χ3n) is 6.78. The Labute approximate surface area is 166 Å². The number of amides is 1. The van der Waals surface area contributed by atoms with E-state index < -0.39 is 0 Å². The molecule has 3 aliphatic rings. The van der Waals surface area contributed by atoms with Crippen LogP contribution in [0.15, 0.2) is 12.3 Å². The third kappa shape index (κ3) is 3.05. The minimum absolute atomic E-state index is 0.102. The van der Waals surface area contributed by atoms with Crippen LogP contribution in [0.5, 0.6) is 0 Å². The zero-order chi connectivity index (χ0) is 19.1. The van der Waals surface area contributed by atoms with Crippen LogP contribution in [-0.2, 0) is 17.6 Å². The molecule has 0 spiro atoms. The first-order chi connectivity index (χ1) is 13.7. The molecule has 0 aromatic carbocycles. The first-order valence-electron chi connectivity index (χ1n) is 10.8. The van der Waals surface area contributed by atoms with E-state index in [9.17, 15) is 4.79 Å². The summed E-state index contributed by atoms with van der Waals surface area (Å²) in [6.07, 6.45) is 9.89. The van der Waals surface area contributed by atoms with E-state index in [0.717, 1.165) is 63.3 Å². The Kier molecular flexibility index (Phi) is 4.70. The first-order valence-corrected chi connectivity index (χ1v) is 10.8. The predicted octanol–water partition coefficient (Wildman–Crippen LogP) is 1.64. The second-order valence-corrected chi connectivity index (χ2v) is 8.55. The SMILES string of the molecule is CN(C(=O)C1CN(c2c3c(nc4ccnn24)CCNCC3)C1)C1CCCCC1. The molecule has 2 aromatic rings. The van der Waals surface area contributed by atoms with E-state index in [1.165, 1.54) is 30.5 Å². The van der Waals surface area contributed by atoms with Crippen molar-refractivity contribution in [3.63, 3.8) is 0 Å². The summed E-state index contributed by atoms with van der Waals surface area (Å²) in [5.41, 5.74) is 3.39. The van der Waals surface area contributed by atoms with Crippen LogP contribution >= 0.6 is 0 Å². The van der Waals surface area contributed by atoms with Gasteiger partial charge in [0.1, 0.15) is 5.82 Å². The molecule has 0 atom stereocenters. The van der Waals surface area contributed by atoms with Crippen molar-refractivity contribution in [1.29, 1.82) is 0 Å². The molecule has 4 heterocycles. The molecule has 0 unspecified atom stereocenters. The average Bonchev–Trinajstić information content (AvgIpc) is 3.03. The van der Waals surface area contributed by atoms with Gasteiger partial charge in [0.05, 0.1) is 17.8 Å². The summed E-state index contributed by atoms with van der Waals surface area (Å²) in [6, 6.07) is 2.41. The molecule has 5 rings (SSSR count). The number of carbonyl (C=O) groups excluding carboxylic acids is 1. The summed E-state index contributed by atoms with van der Waals surface area (Å²) in [7, 11) is 2.01. The number of fused-ring (bicyclic) bond motifs is 2. The number of carbonyl (C=O) groups is 1. The van der Waals surface area contributed by atoms with Crippen LogP contribution in [0.25, 0.3) is 5.65 Å². The molecule has 1 amide bonds. The van der Waals surface area contributed by atoms with Gasteiger partial charge in [0.25, 0.3) is 0 Å². The number of nitrogens with one attached hydrogen (secondary N) is 1. The maximum absolute atomic E-state index is 13.0. The molecule has 7 nitrogen and oxygen atoms in total. The highest BCUT2D eigenvalue weighted by Crippen LogP contribution is 2.33. The monoisotopic (exact) mass is 382 g/mol. The van der Waals surface area contributed by atoms with Crippen molar-refractivity contribution in [2.45, 2.75) is 51.0 Å². The number of anilines is 1. The largest absolute Gasteiger partial charge is 0.354 e. The fourth-order valence-corrected chi connectivity index (χ4v) is 5.08. The van der Waals surface area contributed by atoms with Crippen molar-refractivity contribution in [1.82, 2.24) is 24.8 Å². The van der Waals surface area contributed by atoms with Gasteiger partial charge in [-0.05, 0) is 25.8 Å². The van der Waals surface area contributed by atoms with Gasteiger partial charge in [-0.3, -0.25) is 4.79 Å². The highest BCUT2D eigenvalue weighted by atomic mass is 16.2. The average molecular weight is 383 g/mol. The van der Waals surface area contributed by atoms with E-state index in [-0.39, 0.29) is 5.92 Å². The van der Waals surface area contributed by atoms with Gasteiger partial charge in [0.2, 0.25) is 5.91 Å². The predicted molar refractivity (Wildman–Crippen MR) is 109 cm³/mol. The van der Waals surface area contributed by atoms with Gasteiger partial charge in [-0.15, -0.1) is 0 Å². The highest BCUT2D eigenvalue weighted by Gasteiger charge is 2.39. The fraction of sp³-hybridized carbons (Fsp3) is 0.667. The molecule has 28 heavy (non-hydrogen) atoms. The molecule has 0 bridgehead atoms. The molecule has 2 fully saturated rings. The van der Waals surface area contributed by atoms with Crippen LogP contribution in [0.4, 0.5) is 5.82 Å². The summed E-state index contributed by atoms with van der Waals surface area (Å²) >= 11 is 0. The molecule has 1 N–H and O–H groups in total. The maximum Gasteiger partial charge on any atom is 0.229 e. The molecule has 2 aromatic heterocycles. The van der Waals surface area contributed by atoms with Gasteiger partial charge in [0, 0.05) is 50.8 Å². The number of hydrogen-bond acceptors (Lipinski definition) is 5. The van der Waals surface area contributed by atoms with E-state index >= 15 is 0 Å². The number of hydrogen-bond donors (Lipinski definition) is 1. The number of aromatic nitrogens is 3. The van der Waals surface area contributed by atoms with Crippen LogP contribution in [0.1, 0.15) is 43.4 Å². The summed E-state index contributed by atoms with van der Waals surface area (Å²) in [5.74, 6) is 1.57. The minimum Gasteiger partial charge on any atom is -0.354 e. The molecule has 1 saturated carbocycles. The van der Waals surface area contributed by atoms with Crippen LogP contribution in [-0.4, -0.2) is 64.7 Å². The van der Waals surface area contributed by atoms with Crippen LogP contribution in [0.2, 0.25) is 0 Å². The molecular weight excluding hydrogens is 352 g/mol. The van der Waals surface area contributed by atoms with Gasteiger partial charge < -0.3 is 15.1 Å². The van der Waals surface area contributed by atoms with E-state index in [1.807, 2.05) is 28.7 Å². The molecule has 0 radical (unpaired) electrons. The molecule has 150 valence electrons. The van der Waals surface area contributed by atoms with Gasteiger partial charge >= 0.3 is 0 Å². The Hall–Kier alpha value is -2.15. The smallest absolute Gasteiger partial charge is 0.229 e. The van der Waals surface area contributed by atoms with Crippen molar-refractivity contribution in [3.8, 4) is 0 Å². The van der Waals surface area contributed by atoms with E-state index in [0.29, 0.717) is 11.9 Å².